The molecule has 1 aromatic carbocycles. The molecule has 112 valence electrons. The number of nitrogens with one attached hydrogen (secondary N) is 2. The number of para-hydroxylation sites is 1. The second-order valence-corrected chi connectivity index (χ2v) is 4.27. The van der Waals surface area contributed by atoms with E-state index in [1.54, 1.807) is 0 Å². The normalized spacial score (nSPS) is 10.5. The average molecular weight is 299 g/mol. The summed E-state index contributed by atoms with van der Waals surface area (Å²) in [6.07, 6.45) is 0.499. The summed E-state index contributed by atoms with van der Waals surface area (Å²) in [5.74, 6) is -6.38. The summed E-state index contributed by atoms with van der Waals surface area (Å²) in [6, 6.07) is 9.37. The topological polar surface area (TPSA) is 37.0 Å². The predicted molar refractivity (Wildman–Crippen MR) is 72.1 cm³/mol. The first-order chi connectivity index (χ1) is 10.1. The molecule has 0 saturated heterocycles. The minimum Gasteiger partial charge on any atom is -0.385 e. The molecule has 0 radical (unpaired) electrons. The van der Waals surface area contributed by atoms with Crippen molar-refractivity contribution >= 4 is 11.4 Å². The number of anilines is 2. The van der Waals surface area contributed by atoms with E-state index in [1.165, 1.54) is 0 Å². The van der Waals surface area contributed by atoms with Crippen LogP contribution in [0.5, 0.6) is 0 Å². The van der Waals surface area contributed by atoms with Crippen LogP contribution >= 0.6 is 0 Å². The molecule has 0 fully saturated rings. The molecule has 0 spiro atoms. The summed E-state index contributed by atoms with van der Waals surface area (Å²) in [7, 11) is 0. The van der Waals surface area contributed by atoms with Crippen molar-refractivity contribution in [2.24, 2.45) is 0 Å². The number of rotatable bonds is 6. The van der Waals surface area contributed by atoms with Gasteiger partial charge in [-0.15, -0.1) is 0 Å². The average Bonchev–Trinajstić information content (AvgIpc) is 2.49. The fraction of sp³-hybridized carbons (Fsp3) is 0.214. The monoisotopic (exact) mass is 299 g/mol. The first-order valence-electron chi connectivity index (χ1n) is 6.32. The summed E-state index contributed by atoms with van der Waals surface area (Å²) in [6.45, 7) is 0.687. The molecule has 2 aromatic rings. The number of benzene rings is 1. The molecule has 0 aliphatic heterocycles. The van der Waals surface area contributed by atoms with Gasteiger partial charge in [-0.05, 0) is 18.6 Å². The molecule has 1 heterocycles. The molecular weight excluding hydrogens is 286 g/mol. The summed E-state index contributed by atoms with van der Waals surface area (Å²) >= 11 is 0. The van der Waals surface area contributed by atoms with Crippen molar-refractivity contribution in [3.63, 3.8) is 0 Å². The predicted octanol–water partition coefficient (Wildman–Crippen LogP) is 3.55. The Labute approximate surface area is 119 Å². The van der Waals surface area contributed by atoms with E-state index in [2.05, 4.69) is 15.6 Å². The van der Waals surface area contributed by atoms with Crippen LogP contribution in [0.1, 0.15) is 6.42 Å². The quantitative estimate of drug-likeness (QED) is 0.486. The van der Waals surface area contributed by atoms with Crippen molar-refractivity contribution < 1.29 is 17.6 Å². The molecule has 21 heavy (non-hydrogen) atoms. The molecule has 0 atom stereocenters. The Morgan fingerprint density at radius 2 is 1.38 bits per heavy atom. The molecule has 7 heteroatoms. The minimum atomic E-state index is -1.67. The number of hydrogen-bond acceptors (Lipinski definition) is 3. The Balaban J connectivity index is 1.84. The molecule has 2 N–H and O–H groups in total. The highest BCUT2D eigenvalue weighted by Gasteiger charge is 2.20. The van der Waals surface area contributed by atoms with Gasteiger partial charge in [-0.25, -0.2) is 0 Å². The lowest BCUT2D eigenvalue weighted by Crippen LogP contribution is -2.13. The van der Waals surface area contributed by atoms with E-state index in [0.29, 0.717) is 13.0 Å². The second kappa shape index (κ2) is 6.92. The van der Waals surface area contributed by atoms with Crippen LogP contribution in [-0.4, -0.2) is 18.1 Å². The molecule has 3 nitrogen and oxygen atoms in total. The van der Waals surface area contributed by atoms with Crippen molar-refractivity contribution in [2.45, 2.75) is 6.42 Å². The van der Waals surface area contributed by atoms with E-state index >= 15 is 0 Å². The van der Waals surface area contributed by atoms with Crippen LogP contribution in [0.25, 0.3) is 0 Å². The molecule has 0 aliphatic rings. The van der Waals surface area contributed by atoms with Gasteiger partial charge in [-0.1, -0.05) is 18.2 Å². The highest BCUT2D eigenvalue weighted by atomic mass is 19.2. The van der Waals surface area contributed by atoms with Crippen LogP contribution in [0.3, 0.4) is 0 Å². The fourth-order valence-corrected chi connectivity index (χ4v) is 1.73. The Morgan fingerprint density at radius 3 is 2.00 bits per heavy atom. The highest BCUT2D eigenvalue weighted by molar-refractivity contribution is 5.45. The van der Waals surface area contributed by atoms with E-state index in [1.807, 2.05) is 30.3 Å². The van der Waals surface area contributed by atoms with Gasteiger partial charge in [0.25, 0.3) is 11.9 Å². The summed E-state index contributed by atoms with van der Waals surface area (Å²) in [5, 5.41) is 5.43. The number of nitrogens with zero attached hydrogens (tertiary/aromatic N) is 1. The van der Waals surface area contributed by atoms with Gasteiger partial charge in [0.15, 0.2) is 0 Å². The van der Waals surface area contributed by atoms with E-state index in [0.717, 1.165) is 5.69 Å². The zero-order chi connectivity index (χ0) is 15.2. The number of pyridine rings is 1. The number of hydrogen-bond donors (Lipinski definition) is 2. The maximum atomic E-state index is 13.3. The third kappa shape index (κ3) is 3.84. The summed E-state index contributed by atoms with van der Waals surface area (Å²) in [5.41, 5.74) is 0.0792. The third-order valence-corrected chi connectivity index (χ3v) is 2.76. The molecule has 0 bridgehead atoms. The first kappa shape index (κ1) is 15.1. The highest BCUT2D eigenvalue weighted by Crippen LogP contribution is 2.21. The van der Waals surface area contributed by atoms with Crippen LogP contribution < -0.4 is 10.6 Å². The zero-order valence-electron chi connectivity index (χ0n) is 11.0. The van der Waals surface area contributed by atoms with E-state index in [-0.39, 0.29) is 6.54 Å². The standard InChI is InChI=1S/C14H13F4N3/c15-10-12(11(16)14(18)21-13(10)17)20-8-4-7-19-9-5-2-1-3-6-9/h1-3,5-6,19H,4,7-8H2,(H,20,21). The minimum absolute atomic E-state index is 0.149. The molecule has 0 aliphatic carbocycles. The van der Waals surface area contributed by atoms with Crippen molar-refractivity contribution in [3.05, 3.63) is 53.9 Å². The van der Waals surface area contributed by atoms with Crippen LogP contribution in [0, 0.1) is 23.5 Å². The lowest BCUT2D eigenvalue weighted by molar-refractivity contribution is 0.410. The van der Waals surface area contributed by atoms with Crippen molar-refractivity contribution in [2.75, 3.05) is 23.7 Å². The third-order valence-electron chi connectivity index (χ3n) is 2.76. The lowest BCUT2D eigenvalue weighted by atomic mass is 10.3. The van der Waals surface area contributed by atoms with Gasteiger partial charge in [-0.3, -0.25) is 0 Å². The second-order valence-electron chi connectivity index (χ2n) is 4.27. The zero-order valence-corrected chi connectivity index (χ0v) is 11.0. The van der Waals surface area contributed by atoms with Gasteiger partial charge < -0.3 is 10.6 Å². The maximum Gasteiger partial charge on any atom is 0.253 e. The van der Waals surface area contributed by atoms with Gasteiger partial charge in [0.05, 0.1) is 0 Å². The first-order valence-corrected chi connectivity index (χ1v) is 6.32. The summed E-state index contributed by atoms with van der Waals surface area (Å²) < 4.78 is 52.3. The molecule has 0 saturated carbocycles. The Hall–Kier alpha value is -2.31. The fourth-order valence-electron chi connectivity index (χ4n) is 1.73. The number of halogens is 4. The SMILES string of the molecule is Fc1nc(F)c(F)c(NCCCNc2ccccc2)c1F. The maximum absolute atomic E-state index is 13.3. The number of aromatic nitrogens is 1. The molecule has 0 amide bonds. The van der Waals surface area contributed by atoms with Crippen LogP contribution in [0.15, 0.2) is 30.3 Å². The van der Waals surface area contributed by atoms with Crippen LogP contribution in [-0.2, 0) is 0 Å². The lowest BCUT2D eigenvalue weighted by Gasteiger charge is -2.10. The molecular formula is C14H13F4N3. The van der Waals surface area contributed by atoms with Gasteiger partial charge in [0, 0.05) is 18.8 Å². The van der Waals surface area contributed by atoms with Gasteiger partial charge in [0.1, 0.15) is 5.69 Å². The molecule has 0 unspecified atom stereocenters. The van der Waals surface area contributed by atoms with Crippen LogP contribution in [0.4, 0.5) is 28.9 Å². The molecule has 2 rings (SSSR count). The van der Waals surface area contributed by atoms with E-state index in [9.17, 15) is 17.6 Å². The Bertz CT molecular complexity index is 579. The van der Waals surface area contributed by atoms with E-state index < -0.39 is 29.2 Å². The molecule has 1 aromatic heterocycles. The van der Waals surface area contributed by atoms with Crippen molar-refractivity contribution in [1.29, 1.82) is 0 Å². The van der Waals surface area contributed by atoms with Gasteiger partial charge >= 0.3 is 0 Å². The Morgan fingerprint density at radius 1 is 0.810 bits per heavy atom. The van der Waals surface area contributed by atoms with E-state index in [4.69, 9.17) is 0 Å². The van der Waals surface area contributed by atoms with Gasteiger partial charge in [0.2, 0.25) is 11.6 Å². The van der Waals surface area contributed by atoms with Gasteiger partial charge in [-0.2, -0.15) is 22.5 Å². The van der Waals surface area contributed by atoms with Crippen molar-refractivity contribution in [1.82, 2.24) is 4.98 Å². The largest absolute Gasteiger partial charge is 0.385 e. The summed E-state index contributed by atoms with van der Waals surface area (Å²) in [4.78, 5) is 2.48. The van der Waals surface area contributed by atoms with Crippen LogP contribution in [0.2, 0.25) is 0 Å². The smallest absolute Gasteiger partial charge is 0.253 e. The Kier molecular flexibility index (Phi) is 4.97. The van der Waals surface area contributed by atoms with Crippen molar-refractivity contribution in [3.8, 4) is 0 Å².